The maximum Gasteiger partial charge on any atom is 0.129 e. The molecule has 60 heavy (non-hydrogen) atoms. The van der Waals surface area contributed by atoms with Crippen molar-refractivity contribution in [3.05, 3.63) is 95.0 Å². The number of benzene rings is 4. The third-order valence-electron chi connectivity index (χ3n) is 13.3. The third kappa shape index (κ3) is 12.2. The van der Waals surface area contributed by atoms with E-state index >= 15 is 0 Å². The van der Waals surface area contributed by atoms with Gasteiger partial charge in [-0.1, -0.05) is 71.0 Å². The zero-order valence-electron chi connectivity index (χ0n) is 35.7. The van der Waals surface area contributed by atoms with Crippen molar-refractivity contribution in [1.29, 1.82) is 0 Å². The van der Waals surface area contributed by atoms with Crippen LogP contribution in [-0.4, -0.2) is 161 Å². The first-order chi connectivity index (χ1) is 27.8. The summed E-state index contributed by atoms with van der Waals surface area (Å²) in [6, 6.07) is 29.8. The minimum Gasteiger partial charge on any atom is -1.00 e. The number of likely N-dealkylation sites (N-methyl/N-ethyl adjacent to an activating group) is 4. The molecule has 2 saturated heterocycles. The summed E-state index contributed by atoms with van der Waals surface area (Å²) in [7, 11) is 9.35. The summed E-state index contributed by atoms with van der Waals surface area (Å²) >= 11 is 16.3. The number of aliphatic hydroxyl groups is 2. The van der Waals surface area contributed by atoms with Crippen LogP contribution < -0.4 is 57.8 Å². The first-order valence-corrected chi connectivity index (χ1v) is 23.5. The molecule has 2 N–H and O–H groups in total. The molecule has 8 nitrogen and oxygen atoms in total. The fraction of sp³-hybridized carbons (Fsp3) is 0.478. The van der Waals surface area contributed by atoms with Crippen LogP contribution in [-0.2, 0) is 0 Å². The minimum atomic E-state index is 0. The molecule has 0 bridgehead atoms. The van der Waals surface area contributed by atoms with E-state index < -0.39 is 0 Å². The molecule has 4 aliphatic heterocycles. The number of hydrogen-bond donors (Lipinski definition) is 2. The molecule has 0 unspecified atom stereocenters. The molecule has 0 atom stereocenters. The Morgan fingerprint density at radius 2 is 0.783 bits per heavy atom. The molecule has 2 fully saturated rings. The molecule has 0 amide bonds. The van der Waals surface area contributed by atoms with Gasteiger partial charge in [0, 0.05) is 55.6 Å². The first kappa shape index (κ1) is 50.0. The predicted octanol–water partition coefficient (Wildman–Crippen LogP) is 2.47. The Hall–Kier alpha value is -1.02. The Kier molecular flexibility index (Phi) is 18.1. The highest BCUT2D eigenvalue weighted by atomic mass is 127. The molecule has 328 valence electrons. The number of aliphatic hydroxyl groups excluding tert-OH is 2. The summed E-state index contributed by atoms with van der Waals surface area (Å²) in [6.07, 6.45) is 2.29. The van der Waals surface area contributed by atoms with Crippen LogP contribution in [0.1, 0.15) is 12.8 Å². The van der Waals surface area contributed by atoms with Gasteiger partial charge in [-0.25, -0.2) is 0 Å². The van der Waals surface area contributed by atoms with Crippen LogP contribution in [0.15, 0.2) is 105 Å². The summed E-state index contributed by atoms with van der Waals surface area (Å²) < 4.78 is 4.28. The van der Waals surface area contributed by atoms with Crippen LogP contribution in [0, 0.1) is 0 Å². The zero-order valence-corrected chi connectivity index (χ0v) is 43.2. The lowest BCUT2D eigenvalue weighted by Crippen LogP contribution is -3.00. The van der Waals surface area contributed by atoms with Crippen LogP contribution in [0.3, 0.4) is 0 Å². The molecule has 8 rings (SSSR count). The Morgan fingerprint density at radius 1 is 0.467 bits per heavy atom. The van der Waals surface area contributed by atoms with E-state index in [0.29, 0.717) is 0 Å². The molecular formula is C46H64Cl2I2N6O2S2+2. The molecule has 0 aliphatic carbocycles. The maximum absolute atomic E-state index is 9.34. The second-order valence-corrected chi connectivity index (χ2v) is 21.0. The second kappa shape index (κ2) is 21.8. The van der Waals surface area contributed by atoms with Gasteiger partial charge in [-0.2, -0.15) is 0 Å². The van der Waals surface area contributed by atoms with Gasteiger partial charge in [0.15, 0.2) is 0 Å². The van der Waals surface area contributed by atoms with Crippen LogP contribution in [0.4, 0.5) is 22.7 Å². The maximum atomic E-state index is 9.34. The molecule has 0 spiro atoms. The minimum absolute atomic E-state index is 0. The molecule has 4 aromatic carbocycles. The quantitative estimate of drug-likeness (QED) is 0.168. The van der Waals surface area contributed by atoms with E-state index in [0.717, 1.165) is 93.2 Å². The van der Waals surface area contributed by atoms with Crippen LogP contribution in [0.5, 0.6) is 0 Å². The van der Waals surface area contributed by atoms with Crippen molar-refractivity contribution in [3.8, 4) is 0 Å². The SMILES string of the molecule is C[N+]1(CCO)CC[N+](C)(CCCN2c3ccccc3Sc3ccc(Cl)cc32)CC1.C[N+]1(CCO)CC[N+](C)(CCCN2c3ccccc3Sc3ccc(Cl)cc32)CC1.[I-].[I-]. The zero-order chi connectivity index (χ0) is 41.0. The summed E-state index contributed by atoms with van der Waals surface area (Å²) in [5.74, 6) is 0. The number of piperazine rings is 2. The number of rotatable bonds is 12. The van der Waals surface area contributed by atoms with Crippen molar-refractivity contribution < 1.29 is 76.1 Å². The number of nitrogens with zero attached hydrogens (tertiary/aromatic N) is 6. The van der Waals surface area contributed by atoms with Gasteiger partial charge in [0.1, 0.15) is 65.4 Å². The van der Waals surface area contributed by atoms with Crippen molar-refractivity contribution in [3.63, 3.8) is 0 Å². The fourth-order valence-corrected chi connectivity index (χ4v) is 11.5. The van der Waals surface area contributed by atoms with Crippen LogP contribution >= 0.6 is 46.7 Å². The number of para-hydroxylation sites is 2. The van der Waals surface area contributed by atoms with E-state index in [1.165, 1.54) is 81.6 Å². The van der Waals surface area contributed by atoms with Gasteiger partial charge in [-0.05, 0) is 60.7 Å². The largest absolute Gasteiger partial charge is 1.00 e. The van der Waals surface area contributed by atoms with Crippen molar-refractivity contribution in [2.75, 3.05) is 143 Å². The van der Waals surface area contributed by atoms with Gasteiger partial charge >= 0.3 is 0 Å². The standard InChI is InChI=1S/2C23H32ClN3OS.2HI/c2*1-26(12-14-27(2,15-13-26)16-17-28)11-5-10-25-20-6-3-4-7-22(20)29-23-9-8-19(24)18-21(23)25;;/h2*3-4,6-9,18,28H,5,10-17H2,1-2H3;2*1H/q2*+2;;/p-2. The van der Waals surface area contributed by atoms with Crippen molar-refractivity contribution >= 4 is 69.5 Å². The molecule has 0 saturated carbocycles. The molecule has 0 radical (unpaired) electrons. The van der Waals surface area contributed by atoms with Crippen molar-refractivity contribution in [2.45, 2.75) is 32.4 Å². The topological polar surface area (TPSA) is 46.9 Å². The number of fused-ring (bicyclic) bond motifs is 4. The lowest BCUT2D eigenvalue weighted by atomic mass is 10.1. The number of hydrogen-bond acceptors (Lipinski definition) is 6. The summed E-state index contributed by atoms with van der Waals surface area (Å²) in [5.41, 5.74) is 5.05. The van der Waals surface area contributed by atoms with Gasteiger partial charge in [-0.3, -0.25) is 0 Å². The van der Waals surface area contributed by atoms with E-state index in [-0.39, 0.29) is 61.2 Å². The van der Waals surface area contributed by atoms with Gasteiger partial charge < -0.3 is 85.9 Å². The number of quaternary nitrogens is 4. The molecular weight excluding hydrogens is 1060 g/mol. The normalized spacial score (nSPS) is 25.3. The summed E-state index contributed by atoms with van der Waals surface area (Å²) in [5, 5.41) is 20.3. The predicted molar refractivity (Wildman–Crippen MR) is 245 cm³/mol. The highest BCUT2D eigenvalue weighted by molar-refractivity contribution is 8.00. The Morgan fingerprint density at radius 3 is 1.13 bits per heavy atom. The smallest absolute Gasteiger partial charge is 0.129 e. The van der Waals surface area contributed by atoms with E-state index in [1.54, 1.807) is 0 Å². The van der Waals surface area contributed by atoms with Crippen LogP contribution in [0.2, 0.25) is 10.0 Å². The van der Waals surface area contributed by atoms with E-state index in [1.807, 2.05) is 35.7 Å². The summed E-state index contributed by atoms with van der Waals surface area (Å²) in [4.78, 5) is 10.1. The van der Waals surface area contributed by atoms with Gasteiger partial charge in [0.2, 0.25) is 0 Å². The molecule has 4 aromatic rings. The average molecular weight is 1120 g/mol. The lowest BCUT2D eigenvalue weighted by molar-refractivity contribution is -1.02. The Balaban J connectivity index is 0.000000220. The lowest BCUT2D eigenvalue weighted by Gasteiger charge is -2.46. The molecule has 0 aromatic heterocycles. The van der Waals surface area contributed by atoms with E-state index in [2.05, 4.69) is 111 Å². The van der Waals surface area contributed by atoms with Gasteiger partial charge in [0.25, 0.3) is 0 Å². The molecule has 4 heterocycles. The highest BCUT2D eigenvalue weighted by Gasteiger charge is 2.38. The first-order valence-electron chi connectivity index (χ1n) is 21.1. The average Bonchev–Trinajstić information content (AvgIpc) is 3.21. The van der Waals surface area contributed by atoms with Crippen molar-refractivity contribution in [1.82, 2.24) is 0 Å². The fourth-order valence-electron chi connectivity index (χ4n) is 9.06. The number of anilines is 4. The van der Waals surface area contributed by atoms with Crippen molar-refractivity contribution in [2.24, 2.45) is 0 Å². The second-order valence-electron chi connectivity index (χ2n) is 18.0. The van der Waals surface area contributed by atoms with E-state index in [9.17, 15) is 10.2 Å². The Labute approximate surface area is 412 Å². The number of halogens is 4. The molecule has 4 aliphatic rings. The Bertz CT molecular complexity index is 1890. The van der Waals surface area contributed by atoms with Gasteiger partial charge in [0.05, 0.1) is 77.2 Å². The third-order valence-corrected chi connectivity index (χ3v) is 16.1. The van der Waals surface area contributed by atoms with E-state index in [4.69, 9.17) is 23.2 Å². The molecule has 14 heteroatoms. The monoisotopic (exact) mass is 1120 g/mol. The van der Waals surface area contributed by atoms with Gasteiger partial charge in [-0.15, -0.1) is 0 Å². The highest BCUT2D eigenvalue weighted by Crippen LogP contribution is 2.50. The summed E-state index contributed by atoms with van der Waals surface area (Å²) in [6.45, 7) is 16.0. The van der Waals surface area contributed by atoms with Crippen LogP contribution in [0.25, 0.3) is 0 Å².